The lowest BCUT2D eigenvalue weighted by Gasteiger charge is -2.22. The molecule has 0 aliphatic carbocycles. The van der Waals surface area contributed by atoms with Crippen molar-refractivity contribution in [3.63, 3.8) is 0 Å². The molecular formula is C21H19O2P. The molecule has 0 saturated carbocycles. The Morgan fingerprint density at radius 2 is 1.12 bits per heavy atom. The average Bonchev–Trinajstić information content (AvgIpc) is 2.67. The van der Waals surface area contributed by atoms with E-state index in [9.17, 15) is 9.67 Å². The van der Waals surface area contributed by atoms with Crippen LogP contribution in [0.4, 0.5) is 0 Å². The Morgan fingerprint density at radius 1 is 0.708 bits per heavy atom. The molecule has 3 rings (SSSR count). The molecule has 0 saturated heterocycles. The highest BCUT2D eigenvalue weighted by atomic mass is 31.2. The van der Waals surface area contributed by atoms with Gasteiger partial charge in [-0.3, -0.25) is 0 Å². The van der Waals surface area contributed by atoms with Crippen molar-refractivity contribution in [1.82, 2.24) is 0 Å². The molecule has 24 heavy (non-hydrogen) atoms. The van der Waals surface area contributed by atoms with Gasteiger partial charge in [-0.05, 0) is 11.6 Å². The molecule has 3 aromatic rings. The van der Waals surface area contributed by atoms with E-state index in [1.807, 2.05) is 97.1 Å². The summed E-state index contributed by atoms with van der Waals surface area (Å²) in [5.74, 6) is -1.08. The molecule has 0 radical (unpaired) electrons. The lowest BCUT2D eigenvalue weighted by Crippen LogP contribution is -2.24. The number of hydrogen-bond donors (Lipinski definition) is 1. The van der Waals surface area contributed by atoms with E-state index in [1.54, 1.807) is 6.08 Å². The van der Waals surface area contributed by atoms with Crippen LogP contribution in [0.1, 0.15) is 5.56 Å². The number of aliphatic hydroxyl groups excluding tert-OH is 1. The molecule has 0 fully saturated rings. The van der Waals surface area contributed by atoms with Crippen molar-refractivity contribution in [2.24, 2.45) is 0 Å². The van der Waals surface area contributed by atoms with Crippen molar-refractivity contribution in [2.75, 3.05) is 0 Å². The summed E-state index contributed by atoms with van der Waals surface area (Å²) < 4.78 is 13.8. The van der Waals surface area contributed by atoms with Crippen LogP contribution < -0.4 is 10.6 Å². The summed E-state index contributed by atoms with van der Waals surface area (Å²) in [6.45, 7) is 0. The van der Waals surface area contributed by atoms with E-state index >= 15 is 0 Å². The van der Waals surface area contributed by atoms with E-state index in [1.165, 1.54) is 0 Å². The molecule has 120 valence electrons. The van der Waals surface area contributed by atoms with Crippen LogP contribution in [0.25, 0.3) is 6.08 Å². The van der Waals surface area contributed by atoms with Crippen LogP contribution in [-0.4, -0.2) is 11.0 Å². The maximum absolute atomic E-state index is 13.8. The third-order valence-corrected chi connectivity index (χ3v) is 6.96. The van der Waals surface area contributed by atoms with E-state index in [0.717, 1.165) is 5.56 Å². The molecule has 1 atom stereocenters. The minimum absolute atomic E-state index is 0.654. The molecule has 0 aliphatic heterocycles. The summed E-state index contributed by atoms with van der Waals surface area (Å²) in [6, 6.07) is 28.1. The first-order valence-electron chi connectivity index (χ1n) is 7.83. The third kappa shape index (κ3) is 3.41. The molecular weight excluding hydrogens is 315 g/mol. The fourth-order valence-corrected chi connectivity index (χ4v) is 5.10. The highest BCUT2D eigenvalue weighted by molar-refractivity contribution is 7.79. The van der Waals surface area contributed by atoms with Crippen molar-refractivity contribution in [3.8, 4) is 0 Å². The third-order valence-electron chi connectivity index (χ3n) is 3.91. The summed E-state index contributed by atoms with van der Waals surface area (Å²) in [5.41, 5.74) is 0.962. The Kier molecular flexibility index (Phi) is 5.10. The van der Waals surface area contributed by atoms with Crippen molar-refractivity contribution in [3.05, 3.63) is 103 Å². The van der Waals surface area contributed by atoms with Gasteiger partial charge in [-0.1, -0.05) is 97.1 Å². The molecule has 0 aromatic heterocycles. The van der Waals surface area contributed by atoms with Crippen LogP contribution in [0.15, 0.2) is 97.1 Å². The van der Waals surface area contributed by atoms with Gasteiger partial charge in [-0.2, -0.15) is 0 Å². The number of rotatable bonds is 5. The second-order valence-corrected chi connectivity index (χ2v) is 8.39. The van der Waals surface area contributed by atoms with Gasteiger partial charge in [0.1, 0.15) is 5.85 Å². The predicted octanol–water partition coefficient (Wildman–Crippen LogP) is 4.03. The van der Waals surface area contributed by atoms with E-state index in [2.05, 4.69) is 0 Å². The minimum atomic E-state index is -3.18. The molecule has 3 aromatic carbocycles. The zero-order chi connectivity index (χ0) is 16.8. The zero-order valence-electron chi connectivity index (χ0n) is 13.2. The van der Waals surface area contributed by atoms with Crippen LogP contribution in [0.3, 0.4) is 0 Å². The minimum Gasteiger partial charge on any atom is -0.381 e. The van der Waals surface area contributed by atoms with E-state index < -0.39 is 13.0 Å². The second-order valence-electron chi connectivity index (χ2n) is 5.51. The average molecular weight is 334 g/mol. The second kappa shape index (κ2) is 7.44. The van der Waals surface area contributed by atoms with Gasteiger partial charge >= 0.3 is 0 Å². The van der Waals surface area contributed by atoms with Crippen LogP contribution in [0, 0.1) is 0 Å². The van der Waals surface area contributed by atoms with Crippen LogP contribution >= 0.6 is 7.14 Å². The van der Waals surface area contributed by atoms with Gasteiger partial charge < -0.3 is 9.67 Å². The van der Waals surface area contributed by atoms with Gasteiger partial charge in [0.15, 0.2) is 7.14 Å². The Hall–Kier alpha value is -2.41. The normalized spacial score (nSPS) is 13.0. The maximum atomic E-state index is 13.8. The number of hydrogen-bond acceptors (Lipinski definition) is 2. The topological polar surface area (TPSA) is 37.3 Å². The van der Waals surface area contributed by atoms with Crippen LogP contribution in [0.2, 0.25) is 0 Å². The molecule has 1 N–H and O–H groups in total. The first-order valence-corrected chi connectivity index (χ1v) is 9.61. The molecule has 0 aliphatic rings. The summed E-state index contributed by atoms with van der Waals surface area (Å²) in [4.78, 5) is 0. The zero-order valence-corrected chi connectivity index (χ0v) is 14.1. The van der Waals surface area contributed by atoms with Crippen LogP contribution in [0.5, 0.6) is 0 Å². The largest absolute Gasteiger partial charge is 0.381 e. The highest BCUT2D eigenvalue weighted by Gasteiger charge is 2.33. The van der Waals surface area contributed by atoms with Crippen LogP contribution in [-0.2, 0) is 4.57 Å². The predicted molar refractivity (Wildman–Crippen MR) is 101 cm³/mol. The monoisotopic (exact) mass is 334 g/mol. The Morgan fingerprint density at radius 3 is 1.58 bits per heavy atom. The van der Waals surface area contributed by atoms with Gasteiger partial charge in [-0.25, -0.2) is 0 Å². The van der Waals surface area contributed by atoms with E-state index in [0.29, 0.717) is 10.6 Å². The Balaban J connectivity index is 2.02. The molecule has 0 heterocycles. The van der Waals surface area contributed by atoms with Crippen molar-refractivity contribution in [2.45, 2.75) is 5.85 Å². The molecule has 0 spiro atoms. The Bertz CT molecular complexity index is 799. The van der Waals surface area contributed by atoms with Crippen molar-refractivity contribution < 1.29 is 9.67 Å². The van der Waals surface area contributed by atoms with Gasteiger partial charge in [0, 0.05) is 10.6 Å². The Labute approximate surface area is 142 Å². The summed E-state index contributed by atoms with van der Waals surface area (Å²) in [7, 11) is -3.18. The van der Waals surface area contributed by atoms with Gasteiger partial charge in [-0.15, -0.1) is 0 Å². The fraction of sp³-hybridized carbons (Fsp3) is 0.0476. The SMILES string of the molecule is O=P(c1ccccc1)(c1ccccc1)C(O)C=Cc1ccccc1. The van der Waals surface area contributed by atoms with Gasteiger partial charge in [0.05, 0.1) is 0 Å². The molecule has 2 nitrogen and oxygen atoms in total. The fourth-order valence-electron chi connectivity index (χ4n) is 2.64. The summed E-state index contributed by atoms with van der Waals surface area (Å²) >= 11 is 0. The highest BCUT2D eigenvalue weighted by Crippen LogP contribution is 2.48. The molecule has 3 heteroatoms. The standard InChI is InChI=1S/C21H19O2P/c22-21(17-16-18-10-4-1-5-11-18)24(23,19-12-6-2-7-13-19)20-14-8-3-9-15-20/h1-17,21-22H. The lowest BCUT2D eigenvalue weighted by atomic mass is 10.2. The maximum Gasteiger partial charge on any atom is 0.174 e. The molecule has 0 amide bonds. The van der Waals surface area contributed by atoms with Crippen molar-refractivity contribution in [1.29, 1.82) is 0 Å². The lowest BCUT2D eigenvalue weighted by molar-refractivity contribution is 0.297. The first-order chi connectivity index (χ1) is 11.7. The van der Waals surface area contributed by atoms with Crippen molar-refractivity contribution >= 4 is 23.8 Å². The quantitative estimate of drug-likeness (QED) is 0.715. The first kappa shape index (κ1) is 16.4. The molecule has 1 unspecified atom stereocenters. The van der Waals surface area contributed by atoms with Gasteiger partial charge in [0.25, 0.3) is 0 Å². The smallest absolute Gasteiger partial charge is 0.174 e. The number of benzene rings is 3. The summed E-state index contributed by atoms with van der Waals surface area (Å²) in [6.07, 6.45) is 3.43. The van der Waals surface area contributed by atoms with E-state index in [-0.39, 0.29) is 0 Å². The number of aliphatic hydroxyl groups is 1. The summed E-state index contributed by atoms with van der Waals surface area (Å²) in [5, 5.41) is 12.1. The van der Waals surface area contributed by atoms with Gasteiger partial charge in [0.2, 0.25) is 0 Å². The van der Waals surface area contributed by atoms with E-state index in [4.69, 9.17) is 0 Å². The molecule has 0 bridgehead atoms.